The van der Waals surface area contributed by atoms with Gasteiger partial charge in [-0.25, -0.2) is 4.39 Å². The molecule has 1 nitrogen and oxygen atoms in total. The minimum Gasteiger partial charge on any atom is -0.508 e. The lowest BCUT2D eigenvalue weighted by molar-refractivity contribution is 0.474. The molecular formula is C27H39FO. The van der Waals surface area contributed by atoms with Crippen LogP contribution in [0.3, 0.4) is 0 Å². The van der Waals surface area contributed by atoms with E-state index in [4.69, 9.17) is 0 Å². The van der Waals surface area contributed by atoms with Crippen molar-refractivity contribution in [2.45, 2.75) is 96.8 Å². The Morgan fingerprint density at radius 3 is 1.72 bits per heavy atom. The summed E-state index contributed by atoms with van der Waals surface area (Å²) in [5, 5.41) is 9.87. The van der Waals surface area contributed by atoms with Gasteiger partial charge in [-0.2, -0.15) is 0 Å². The van der Waals surface area contributed by atoms with Crippen molar-refractivity contribution in [3.8, 4) is 16.9 Å². The maximum atomic E-state index is 13.2. The second kappa shape index (κ2) is 14.2. The first kappa shape index (κ1) is 23.4. The largest absolute Gasteiger partial charge is 0.508 e. The fourth-order valence-corrected chi connectivity index (χ4v) is 4.03. The molecule has 0 radical (unpaired) electrons. The standard InChI is InChI=1S/C27H39FO/c1-2-3-4-5-6-7-8-9-10-11-12-13-14-15-24-22-26(29)20-21-27(24)23-16-18-25(28)19-17-23/h16-22,29H,2-15H2,1H3. The fraction of sp³-hybridized carbons (Fsp3) is 0.556. The van der Waals surface area contributed by atoms with Crippen molar-refractivity contribution in [1.29, 1.82) is 0 Å². The molecule has 0 amide bonds. The van der Waals surface area contributed by atoms with Gasteiger partial charge in [0.05, 0.1) is 0 Å². The van der Waals surface area contributed by atoms with Crippen LogP contribution in [0.4, 0.5) is 4.39 Å². The third-order valence-corrected chi connectivity index (χ3v) is 5.79. The van der Waals surface area contributed by atoms with E-state index < -0.39 is 0 Å². The molecule has 0 fully saturated rings. The van der Waals surface area contributed by atoms with Crippen molar-refractivity contribution in [3.05, 3.63) is 53.8 Å². The summed E-state index contributed by atoms with van der Waals surface area (Å²) >= 11 is 0. The molecule has 0 aliphatic carbocycles. The lowest BCUT2D eigenvalue weighted by Crippen LogP contribution is -1.92. The van der Waals surface area contributed by atoms with Gasteiger partial charge in [-0.3, -0.25) is 0 Å². The molecule has 0 spiro atoms. The number of aryl methyl sites for hydroxylation is 1. The van der Waals surface area contributed by atoms with Crippen molar-refractivity contribution in [2.75, 3.05) is 0 Å². The van der Waals surface area contributed by atoms with Crippen molar-refractivity contribution < 1.29 is 9.50 Å². The monoisotopic (exact) mass is 398 g/mol. The summed E-state index contributed by atoms with van der Waals surface area (Å²) in [6.45, 7) is 2.27. The van der Waals surface area contributed by atoms with Crippen LogP contribution in [0.25, 0.3) is 11.1 Å². The predicted octanol–water partition coefficient (Wildman–Crippen LogP) is 8.83. The molecule has 160 valence electrons. The van der Waals surface area contributed by atoms with E-state index in [1.165, 1.54) is 89.2 Å². The molecule has 0 saturated heterocycles. The molecule has 0 aliphatic rings. The molecule has 1 N–H and O–H groups in total. The van der Waals surface area contributed by atoms with E-state index in [-0.39, 0.29) is 5.82 Å². The second-order valence-electron chi connectivity index (χ2n) is 8.34. The van der Waals surface area contributed by atoms with Gasteiger partial charge < -0.3 is 5.11 Å². The van der Waals surface area contributed by atoms with Crippen LogP contribution in [-0.2, 0) is 6.42 Å². The number of hydrogen-bond acceptors (Lipinski definition) is 1. The Hall–Kier alpha value is -1.83. The first-order valence-corrected chi connectivity index (χ1v) is 11.8. The highest BCUT2D eigenvalue weighted by atomic mass is 19.1. The zero-order chi connectivity index (χ0) is 20.7. The van der Waals surface area contributed by atoms with Crippen LogP contribution in [0.5, 0.6) is 5.75 Å². The van der Waals surface area contributed by atoms with Gasteiger partial charge >= 0.3 is 0 Å². The topological polar surface area (TPSA) is 20.2 Å². The number of benzene rings is 2. The van der Waals surface area contributed by atoms with Gasteiger partial charge in [0.2, 0.25) is 0 Å². The lowest BCUT2D eigenvalue weighted by Gasteiger charge is -2.11. The molecule has 2 aromatic rings. The van der Waals surface area contributed by atoms with E-state index in [1.807, 2.05) is 24.3 Å². The summed E-state index contributed by atoms with van der Waals surface area (Å²) in [7, 11) is 0. The molecule has 0 aromatic heterocycles. The minimum atomic E-state index is -0.217. The predicted molar refractivity (Wildman–Crippen MR) is 123 cm³/mol. The smallest absolute Gasteiger partial charge is 0.123 e. The summed E-state index contributed by atoms with van der Waals surface area (Å²) in [4.78, 5) is 0. The highest BCUT2D eigenvalue weighted by Crippen LogP contribution is 2.28. The number of rotatable bonds is 15. The molecule has 2 heteroatoms. The van der Waals surface area contributed by atoms with Crippen molar-refractivity contribution in [3.63, 3.8) is 0 Å². The molecule has 0 saturated carbocycles. The number of phenolic OH excluding ortho intramolecular Hbond substituents is 1. The molecule has 2 rings (SSSR count). The van der Waals surface area contributed by atoms with Crippen LogP contribution in [0.2, 0.25) is 0 Å². The second-order valence-corrected chi connectivity index (χ2v) is 8.34. The molecular weight excluding hydrogens is 359 g/mol. The van der Waals surface area contributed by atoms with Crippen LogP contribution in [-0.4, -0.2) is 5.11 Å². The molecule has 0 unspecified atom stereocenters. The molecule has 2 aromatic carbocycles. The third-order valence-electron chi connectivity index (χ3n) is 5.79. The van der Waals surface area contributed by atoms with Gasteiger partial charge in [0.15, 0.2) is 0 Å². The van der Waals surface area contributed by atoms with Crippen LogP contribution in [0.1, 0.15) is 96.0 Å². The van der Waals surface area contributed by atoms with Gasteiger partial charge in [0, 0.05) is 0 Å². The number of unbranched alkanes of at least 4 members (excludes halogenated alkanes) is 12. The Morgan fingerprint density at radius 2 is 1.17 bits per heavy atom. The van der Waals surface area contributed by atoms with Crippen molar-refractivity contribution in [1.82, 2.24) is 0 Å². The van der Waals surface area contributed by atoms with E-state index in [9.17, 15) is 9.50 Å². The maximum absolute atomic E-state index is 13.2. The molecule has 0 bridgehead atoms. The number of hydrogen-bond donors (Lipinski definition) is 1. The van der Waals surface area contributed by atoms with Gasteiger partial charge in [-0.05, 0) is 53.8 Å². The molecule has 0 atom stereocenters. The minimum absolute atomic E-state index is 0.217. The molecule has 0 heterocycles. The Morgan fingerprint density at radius 1 is 0.655 bits per heavy atom. The number of phenols is 1. The van der Waals surface area contributed by atoms with Crippen molar-refractivity contribution >= 4 is 0 Å². The summed E-state index contributed by atoms with van der Waals surface area (Å²) in [6.07, 6.45) is 18.5. The highest BCUT2D eigenvalue weighted by molar-refractivity contribution is 5.68. The van der Waals surface area contributed by atoms with Crippen molar-refractivity contribution in [2.24, 2.45) is 0 Å². The third kappa shape index (κ3) is 9.47. The van der Waals surface area contributed by atoms with Crippen LogP contribution >= 0.6 is 0 Å². The zero-order valence-electron chi connectivity index (χ0n) is 18.3. The quantitative estimate of drug-likeness (QED) is 0.297. The van der Waals surface area contributed by atoms with Gasteiger partial charge in [0.1, 0.15) is 11.6 Å². The van der Waals surface area contributed by atoms with E-state index in [0.717, 1.165) is 29.5 Å². The van der Waals surface area contributed by atoms with E-state index >= 15 is 0 Å². The lowest BCUT2D eigenvalue weighted by atomic mass is 9.95. The Balaban J connectivity index is 1.61. The number of halogens is 1. The first-order chi connectivity index (χ1) is 14.2. The molecule has 0 aliphatic heterocycles. The summed E-state index contributed by atoms with van der Waals surface area (Å²) < 4.78 is 13.2. The highest BCUT2D eigenvalue weighted by Gasteiger charge is 2.07. The fourth-order valence-electron chi connectivity index (χ4n) is 4.03. The summed E-state index contributed by atoms with van der Waals surface area (Å²) in [5.41, 5.74) is 3.26. The average molecular weight is 399 g/mol. The Kier molecular flexibility index (Phi) is 11.5. The van der Waals surface area contributed by atoms with Crippen LogP contribution in [0.15, 0.2) is 42.5 Å². The Bertz CT molecular complexity index is 677. The SMILES string of the molecule is CCCCCCCCCCCCCCCc1cc(O)ccc1-c1ccc(F)cc1. The first-order valence-electron chi connectivity index (χ1n) is 11.8. The zero-order valence-corrected chi connectivity index (χ0v) is 18.3. The van der Waals surface area contributed by atoms with Crippen LogP contribution < -0.4 is 0 Å². The average Bonchev–Trinajstić information content (AvgIpc) is 2.72. The van der Waals surface area contributed by atoms with E-state index in [1.54, 1.807) is 6.07 Å². The number of aromatic hydroxyl groups is 1. The normalized spacial score (nSPS) is 11.1. The summed E-state index contributed by atoms with van der Waals surface area (Å²) in [5.74, 6) is 0.0890. The van der Waals surface area contributed by atoms with Gasteiger partial charge in [-0.15, -0.1) is 0 Å². The molecule has 29 heavy (non-hydrogen) atoms. The van der Waals surface area contributed by atoms with E-state index in [2.05, 4.69) is 6.92 Å². The van der Waals surface area contributed by atoms with E-state index in [0.29, 0.717) is 5.75 Å². The maximum Gasteiger partial charge on any atom is 0.123 e. The Labute approximate surface area is 177 Å². The van der Waals surface area contributed by atoms with Crippen LogP contribution in [0, 0.1) is 5.82 Å². The summed E-state index contributed by atoms with van der Waals surface area (Å²) in [6, 6.07) is 12.1. The van der Waals surface area contributed by atoms with Gasteiger partial charge in [-0.1, -0.05) is 102 Å². The van der Waals surface area contributed by atoms with Gasteiger partial charge in [0.25, 0.3) is 0 Å².